The van der Waals surface area contributed by atoms with Gasteiger partial charge in [0, 0.05) is 17.8 Å². The van der Waals surface area contributed by atoms with Crippen molar-refractivity contribution in [2.24, 2.45) is 5.92 Å². The zero-order valence-electron chi connectivity index (χ0n) is 11.6. The lowest BCUT2D eigenvalue weighted by molar-refractivity contribution is -0.142. The molecule has 3 rings (SSSR count). The first-order valence-electron chi connectivity index (χ1n) is 6.92. The summed E-state index contributed by atoms with van der Waals surface area (Å²) < 4.78 is 0. The van der Waals surface area contributed by atoms with E-state index in [1.807, 2.05) is 19.9 Å². The summed E-state index contributed by atoms with van der Waals surface area (Å²) in [7, 11) is 0. The molecule has 1 N–H and O–H groups in total. The fourth-order valence-corrected chi connectivity index (χ4v) is 3.73. The molecule has 0 amide bonds. The van der Waals surface area contributed by atoms with E-state index in [1.54, 1.807) is 0 Å². The van der Waals surface area contributed by atoms with Crippen molar-refractivity contribution in [1.29, 1.82) is 5.26 Å². The first-order chi connectivity index (χ1) is 9.52. The van der Waals surface area contributed by atoms with E-state index in [9.17, 15) is 15.2 Å². The molecule has 0 spiro atoms. The summed E-state index contributed by atoms with van der Waals surface area (Å²) in [6.45, 7) is 3.81. The van der Waals surface area contributed by atoms with Gasteiger partial charge in [-0.3, -0.25) is 4.79 Å². The van der Waals surface area contributed by atoms with Gasteiger partial charge in [-0.25, -0.2) is 4.98 Å². The number of pyridine rings is 1. The molecule has 1 aromatic heterocycles. The minimum Gasteiger partial charge on any atom is -0.481 e. The van der Waals surface area contributed by atoms with Crippen LogP contribution in [0.15, 0.2) is 6.07 Å². The van der Waals surface area contributed by atoms with Gasteiger partial charge in [-0.05, 0) is 44.7 Å². The molecule has 2 fully saturated rings. The summed E-state index contributed by atoms with van der Waals surface area (Å²) >= 11 is 0. The number of aromatic nitrogens is 1. The first kappa shape index (κ1) is 12.9. The Labute approximate surface area is 117 Å². The normalized spacial score (nSPS) is 27.6. The van der Waals surface area contributed by atoms with Crippen LogP contribution in [0.3, 0.4) is 0 Å². The van der Waals surface area contributed by atoms with Gasteiger partial charge in [0.25, 0.3) is 0 Å². The van der Waals surface area contributed by atoms with Crippen molar-refractivity contribution in [3.8, 4) is 6.07 Å². The maximum Gasteiger partial charge on any atom is 0.308 e. The molecule has 2 aliphatic rings. The van der Waals surface area contributed by atoms with Crippen LogP contribution in [0.2, 0.25) is 0 Å². The Morgan fingerprint density at radius 3 is 2.85 bits per heavy atom. The van der Waals surface area contributed by atoms with Gasteiger partial charge in [-0.1, -0.05) is 0 Å². The number of hydrogen-bond donors (Lipinski definition) is 1. The molecule has 3 atom stereocenters. The molecule has 0 saturated carbocycles. The summed E-state index contributed by atoms with van der Waals surface area (Å²) in [4.78, 5) is 18.0. The predicted octanol–water partition coefficient (Wildman–Crippen LogP) is 2.01. The zero-order valence-corrected chi connectivity index (χ0v) is 11.6. The number of hydrogen-bond acceptors (Lipinski definition) is 4. The summed E-state index contributed by atoms with van der Waals surface area (Å²) in [5, 5.41) is 18.7. The van der Waals surface area contributed by atoms with E-state index >= 15 is 0 Å². The van der Waals surface area contributed by atoms with E-state index in [0.29, 0.717) is 17.8 Å². The van der Waals surface area contributed by atoms with E-state index in [2.05, 4.69) is 16.0 Å². The molecule has 3 heterocycles. The Kier molecular flexibility index (Phi) is 2.89. The van der Waals surface area contributed by atoms with Crippen LogP contribution in [0.25, 0.3) is 0 Å². The maximum absolute atomic E-state index is 11.3. The number of carbonyl (C=O) groups is 1. The van der Waals surface area contributed by atoms with Gasteiger partial charge in [0.2, 0.25) is 0 Å². The molecule has 20 heavy (non-hydrogen) atoms. The molecule has 5 heteroatoms. The molecule has 0 aromatic carbocycles. The van der Waals surface area contributed by atoms with E-state index in [4.69, 9.17) is 0 Å². The highest BCUT2D eigenvalue weighted by atomic mass is 16.4. The van der Waals surface area contributed by atoms with Crippen LogP contribution in [0.4, 0.5) is 5.82 Å². The number of aryl methyl sites for hydroxylation is 2. The van der Waals surface area contributed by atoms with Crippen LogP contribution < -0.4 is 4.90 Å². The number of nitrogens with zero attached hydrogens (tertiary/aromatic N) is 3. The summed E-state index contributed by atoms with van der Waals surface area (Å²) in [5.41, 5.74) is 2.36. The van der Waals surface area contributed by atoms with Gasteiger partial charge in [0.1, 0.15) is 11.9 Å². The van der Waals surface area contributed by atoms with Crippen LogP contribution in [-0.4, -0.2) is 28.1 Å². The smallest absolute Gasteiger partial charge is 0.308 e. The SMILES string of the molecule is Cc1cc(C)c(C#N)c(N2C3CCC2C(C(=O)O)C3)n1. The third-order valence-corrected chi connectivity index (χ3v) is 4.54. The monoisotopic (exact) mass is 271 g/mol. The molecule has 2 bridgehead atoms. The van der Waals surface area contributed by atoms with Crippen molar-refractivity contribution in [3.63, 3.8) is 0 Å². The molecule has 104 valence electrons. The van der Waals surface area contributed by atoms with Crippen molar-refractivity contribution in [2.45, 2.75) is 45.2 Å². The second-order valence-electron chi connectivity index (χ2n) is 5.78. The molecule has 5 nitrogen and oxygen atoms in total. The number of carboxylic acids is 1. The lowest BCUT2D eigenvalue weighted by Crippen LogP contribution is -2.34. The van der Waals surface area contributed by atoms with E-state index in [-0.39, 0.29) is 18.0 Å². The highest BCUT2D eigenvalue weighted by molar-refractivity contribution is 5.74. The summed E-state index contributed by atoms with van der Waals surface area (Å²) in [6, 6.07) is 4.32. The van der Waals surface area contributed by atoms with Gasteiger partial charge >= 0.3 is 5.97 Å². The van der Waals surface area contributed by atoms with Crippen molar-refractivity contribution in [3.05, 3.63) is 22.9 Å². The lowest BCUT2D eigenvalue weighted by Gasteiger charge is -2.26. The molecule has 1 aromatic rings. The minimum atomic E-state index is -0.731. The maximum atomic E-state index is 11.3. The third kappa shape index (κ3) is 1.75. The Bertz CT molecular complexity index is 620. The average Bonchev–Trinajstić information content (AvgIpc) is 2.95. The highest BCUT2D eigenvalue weighted by Gasteiger charge is 2.50. The molecule has 3 unspecified atom stereocenters. The van der Waals surface area contributed by atoms with Crippen LogP contribution in [0.1, 0.15) is 36.1 Å². The third-order valence-electron chi connectivity index (χ3n) is 4.54. The van der Waals surface area contributed by atoms with Crippen molar-refractivity contribution < 1.29 is 9.90 Å². The fourth-order valence-electron chi connectivity index (χ4n) is 3.73. The molecular weight excluding hydrogens is 254 g/mol. The van der Waals surface area contributed by atoms with E-state index in [1.165, 1.54) is 0 Å². The Balaban J connectivity index is 2.07. The zero-order chi connectivity index (χ0) is 14.4. The van der Waals surface area contributed by atoms with Crippen molar-refractivity contribution in [1.82, 2.24) is 4.98 Å². The van der Waals surface area contributed by atoms with Crippen LogP contribution in [0.5, 0.6) is 0 Å². The quantitative estimate of drug-likeness (QED) is 0.890. The van der Waals surface area contributed by atoms with Gasteiger partial charge in [-0.15, -0.1) is 0 Å². The molecule has 0 radical (unpaired) electrons. The molecule has 2 saturated heterocycles. The van der Waals surface area contributed by atoms with Crippen molar-refractivity contribution >= 4 is 11.8 Å². The van der Waals surface area contributed by atoms with E-state index < -0.39 is 5.97 Å². The van der Waals surface area contributed by atoms with Gasteiger partial charge < -0.3 is 10.0 Å². The fraction of sp³-hybridized carbons (Fsp3) is 0.533. The first-order valence-corrected chi connectivity index (χ1v) is 6.92. The number of nitriles is 1. The number of aliphatic carboxylic acids is 1. The number of carboxylic acid groups (broad SMARTS) is 1. The summed E-state index contributed by atoms with van der Waals surface area (Å²) in [6.07, 6.45) is 2.54. The van der Waals surface area contributed by atoms with Gasteiger partial charge in [-0.2, -0.15) is 5.26 Å². The van der Waals surface area contributed by atoms with Crippen LogP contribution in [0, 0.1) is 31.1 Å². The lowest BCUT2D eigenvalue weighted by atomic mass is 9.89. The topological polar surface area (TPSA) is 77.2 Å². The number of rotatable bonds is 2. The molecular formula is C15H17N3O2. The number of anilines is 1. The highest BCUT2D eigenvalue weighted by Crippen LogP contribution is 2.45. The van der Waals surface area contributed by atoms with Gasteiger partial charge in [0.05, 0.1) is 11.5 Å². The molecule has 0 aliphatic carbocycles. The number of fused-ring (bicyclic) bond motifs is 2. The van der Waals surface area contributed by atoms with Crippen molar-refractivity contribution in [2.75, 3.05) is 4.90 Å². The van der Waals surface area contributed by atoms with E-state index in [0.717, 1.165) is 24.1 Å². The predicted molar refractivity (Wildman–Crippen MR) is 73.5 cm³/mol. The molecule has 2 aliphatic heterocycles. The van der Waals surface area contributed by atoms with Crippen LogP contribution in [-0.2, 0) is 4.79 Å². The standard InChI is InChI=1S/C15H17N3O2/c1-8-5-9(2)17-14(12(8)7-16)18-10-3-4-13(18)11(6-10)15(19)20/h5,10-11,13H,3-4,6H2,1-2H3,(H,19,20). The summed E-state index contributed by atoms with van der Waals surface area (Å²) in [5.74, 6) is -0.380. The van der Waals surface area contributed by atoms with Gasteiger partial charge in [0.15, 0.2) is 0 Å². The average molecular weight is 271 g/mol. The Morgan fingerprint density at radius 2 is 2.25 bits per heavy atom. The van der Waals surface area contributed by atoms with Crippen LogP contribution >= 0.6 is 0 Å². The largest absolute Gasteiger partial charge is 0.481 e. The minimum absolute atomic E-state index is 0.0155. The second kappa shape index (κ2) is 4.48. The second-order valence-corrected chi connectivity index (χ2v) is 5.78. The Morgan fingerprint density at radius 1 is 1.50 bits per heavy atom. The Hall–Kier alpha value is -2.09.